The largest absolute Gasteiger partial charge is 0.454 e. The third kappa shape index (κ3) is 2.05. The summed E-state index contributed by atoms with van der Waals surface area (Å²) < 4.78 is 5.79. The zero-order valence-corrected chi connectivity index (χ0v) is 12.0. The Hall–Kier alpha value is -0.610. The van der Waals surface area contributed by atoms with Crippen LogP contribution in [0.15, 0.2) is 24.3 Å². The number of rotatable bonds is 3. The van der Waals surface area contributed by atoms with Crippen LogP contribution in [-0.4, -0.2) is 21.6 Å². The number of fused-ring (bicyclic) bond motifs is 1. The fourth-order valence-corrected chi connectivity index (χ4v) is 5.81. The molecule has 96 valence electrons. The van der Waals surface area contributed by atoms with Gasteiger partial charge < -0.3 is 4.74 Å². The molecule has 0 aliphatic carbocycles. The van der Waals surface area contributed by atoms with Crippen LogP contribution >= 0.6 is 23.5 Å². The fraction of sp³-hybridized carbons (Fsp3) is 0.500. The van der Waals surface area contributed by atoms with Gasteiger partial charge in [-0.05, 0) is 12.5 Å². The molecule has 0 N–H and O–H groups in total. The lowest BCUT2D eigenvalue weighted by molar-refractivity contribution is 0.0362. The predicted octanol–water partition coefficient (Wildman–Crippen LogP) is 3.87. The minimum Gasteiger partial charge on any atom is -0.454 e. The van der Waals surface area contributed by atoms with Gasteiger partial charge in [-0.15, -0.1) is 23.5 Å². The second kappa shape index (κ2) is 4.82. The van der Waals surface area contributed by atoms with Crippen molar-refractivity contribution in [3.05, 3.63) is 35.4 Å². The highest BCUT2D eigenvalue weighted by atomic mass is 32.2. The Bertz CT molecular complexity index is 467. The van der Waals surface area contributed by atoms with E-state index in [1.54, 1.807) is 0 Å². The maximum atomic E-state index is 11.8. The Morgan fingerprint density at radius 3 is 2.78 bits per heavy atom. The van der Waals surface area contributed by atoms with Crippen LogP contribution < -0.4 is 0 Å². The van der Waals surface area contributed by atoms with Gasteiger partial charge in [-0.1, -0.05) is 25.1 Å². The molecule has 1 aromatic carbocycles. The van der Waals surface area contributed by atoms with E-state index in [4.69, 9.17) is 4.74 Å². The van der Waals surface area contributed by atoms with Gasteiger partial charge in [-0.3, -0.25) is 0 Å². The van der Waals surface area contributed by atoms with Crippen molar-refractivity contribution in [3.63, 3.8) is 0 Å². The molecular weight excluding hydrogens is 264 g/mol. The molecule has 1 fully saturated rings. The Labute approximate surface area is 116 Å². The molecule has 18 heavy (non-hydrogen) atoms. The summed E-state index contributed by atoms with van der Waals surface area (Å²) in [5.41, 5.74) is 1.82. The van der Waals surface area contributed by atoms with Crippen LogP contribution in [0.5, 0.6) is 0 Å². The number of hydrogen-bond donors (Lipinski definition) is 0. The zero-order chi connectivity index (χ0) is 12.6. The first-order valence-electron chi connectivity index (χ1n) is 6.32. The van der Waals surface area contributed by atoms with Crippen molar-refractivity contribution < 1.29 is 9.53 Å². The second-order valence-corrected chi connectivity index (χ2v) is 7.86. The standard InChI is InChI=1S/C14H16O2S2/c1-2-14(17-7-8-18-14)9-12-10-5-3-4-6-11(10)13(15)16-12/h3-6,12H,2,7-9H2,1H3/t12-/m0/s1. The normalized spacial score (nSPS) is 24.9. The number of hydrogen-bond acceptors (Lipinski definition) is 4. The predicted molar refractivity (Wildman–Crippen MR) is 77.2 cm³/mol. The molecule has 2 heterocycles. The molecule has 4 heteroatoms. The zero-order valence-electron chi connectivity index (χ0n) is 10.3. The van der Waals surface area contributed by atoms with Gasteiger partial charge in [0.2, 0.25) is 0 Å². The molecule has 2 nitrogen and oxygen atoms in total. The lowest BCUT2D eigenvalue weighted by Crippen LogP contribution is -2.20. The van der Waals surface area contributed by atoms with E-state index < -0.39 is 0 Å². The first-order valence-corrected chi connectivity index (χ1v) is 8.29. The highest BCUT2D eigenvalue weighted by Gasteiger charge is 2.41. The van der Waals surface area contributed by atoms with E-state index in [9.17, 15) is 4.79 Å². The van der Waals surface area contributed by atoms with E-state index in [1.807, 2.05) is 47.8 Å². The van der Waals surface area contributed by atoms with Crippen LogP contribution in [0.1, 0.15) is 41.8 Å². The topological polar surface area (TPSA) is 26.3 Å². The number of thioether (sulfide) groups is 2. The lowest BCUT2D eigenvalue weighted by Gasteiger charge is -2.28. The maximum absolute atomic E-state index is 11.8. The van der Waals surface area contributed by atoms with Crippen molar-refractivity contribution in [1.82, 2.24) is 0 Å². The molecular formula is C14H16O2S2. The van der Waals surface area contributed by atoms with Crippen LogP contribution in [0.4, 0.5) is 0 Å². The molecule has 2 aliphatic heterocycles. The number of esters is 1. The van der Waals surface area contributed by atoms with Gasteiger partial charge in [0.1, 0.15) is 6.10 Å². The second-order valence-electron chi connectivity index (χ2n) is 4.65. The van der Waals surface area contributed by atoms with E-state index in [-0.39, 0.29) is 16.2 Å². The molecule has 1 aromatic rings. The van der Waals surface area contributed by atoms with Crippen LogP contribution in [0.3, 0.4) is 0 Å². The Morgan fingerprint density at radius 1 is 1.33 bits per heavy atom. The number of carbonyl (C=O) groups excluding carboxylic acids is 1. The third-order valence-electron chi connectivity index (χ3n) is 3.63. The minimum absolute atomic E-state index is 0.0493. The van der Waals surface area contributed by atoms with Gasteiger partial charge in [0.25, 0.3) is 0 Å². The van der Waals surface area contributed by atoms with E-state index in [2.05, 4.69) is 6.92 Å². The van der Waals surface area contributed by atoms with Crippen molar-refractivity contribution in [2.75, 3.05) is 11.5 Å². The summed E-state index contributed by atoms with van der Waals surface area (Å²) in [4.78, 5) is 11.8. The average Bonchev–Trinajstić information content (AvgIpc) is 2.98. The van der Waals surface area contributed by atoms with Crippen LogP contribution in [-0.2, 0) is 4.74 Å². The van der Waals surface area contributed by atoms with Gasteiger partial charge in [0.15, 0.2) is 0 Å². The maximum Gasteiger partial charge on any atom is 0.339 e. The van der Waals surface area contributed by atoms with Gasteiger partial charge in [0, 0.05) is 23.5 Å². The van der Waals surface area contributed by atoms with Crippen molar-refractivity contribution in [2.45, 2.75) is 29.9 Å². The van der Waals surface area contributed by atoms with E-state index in [1.165, 1.54) is 11.5 Å². The number of carbonyl (C=O) groups is 1. The first kappa shape index (κ1) is 12.4. The number of ether oxygens (including phenoxy) is 1. The highest BCUT2D eigenvalue weighted by Crippen LogP contribution is 2.53. The molecule has 0 radical (unpaired) electrons. The summed E-state index contributed by atoms with van der Waals surface area (Å²) in [5.74, 6) is 2.26. The molecule has 0 spiro atoms. The Morgan fingerprint density at radius 2 is 2.06 bits per heavy atom. The molecule has 3 rings (SSSR count). The summed E-state index contributed by atoms with van der Waals surface area (Å²) in [6, 6.07) is 7.78. The summed E-state index contributed by atoms with van der Waals surface area (Å²) in [7, 11) is 0. The van der Waals surface area contributed by atoms with Gasteiger partial charge >= 0.3 is 5.97 Å². The van der Waals surface area contributed by atoms with Gasteiger partial charge in [0.05, 0.1) is 9.64 Å². The van der Waals surface area contributed by atoms with E-state index in [0.29, 0.717) is 0 Å². The smallest absolute Gasteiger partial charge is 0.339 e. The van der Waals surface area contributed by atoms with Gasteiger partial charge in [-0.2, -0.15) is 0 Å². The summed E-state index contributed by atoms with van der Waals surface area (Å²) >= 11 is 4.05. The molecule has 0 aromatic heterocycles. The van der Waals surface area contributed by atoms with Crippen LogP contribution in [0.2, 0.25) is 0 Å². The van der Waals surface area contributed by atoms with Crippen molar-refractivity contribution in [1.29, 1.82) is 0 Å². The van der Waals surface area contributed by atoms with Crippen LogP contribution in [0.25, 0.3) is 0 Å². The molecule has 1 atom stereocenters. The minimum atomic E-state index is -0.158. The van der Waals surface area contributed by atoms with E-state index in [0.717, 1.165) is 24.0 Å². The molecule has 0 saturated carbocycles. The molecule has 2 aliphatic rings. The quantitative estimate of drug-likeness (QED) is 0.785. The molecule has 0 bridgehead atoms. The first-order chi connectivity index (χ1) is 8.74. The monoisotopic (exact) mass is 280 g/mol. The highest BCUT2D eigenvalue weighted by molar-refractivity contribution is 8.21. The Balaban J connectivity index is 1.85. The lowest BCUT2D eigenvalue weighted by atomic mass is 10.0. The van der Waals surface area contributed by atoms with E-state index >= 15 is 0 Å². The molecule has 1 saturated heterocycles. The summed E-state index contributed by atoms with van der Waals surface area (Å²) in [6.45, 7) is 2.23. The Kier molecular flexibility index (Phi) is 3.32. The van der Waals surface area contributed by atoms with Crippen LogP contribution in [0, 0.1) is 0 Å². The average molecular weight is 280 g/mol. The number of cyclic esters (lactones) is 1. The summed E-state index contributed by atoms with van der Waals surface area (Å²) in [5, 5.41) is 0. The molecule has 0 amide bonds. The molecule has 0 unspecified atom stereocenters. The van der Waals surface area contributed by atoms with Crippen molar-refractivity contribution in [3.8, 4) is 0 Å². The fourth-order valence-electron chi connectivity index (χ4n) is 2.62. The summed E-state index contributed by atoms with van der Waals surface area (Å²) in [6.07, 6.45) is 2.01. The SMILES string of the molecule is CCC1(C[C@@H]2OC(=O)c3ccccc32)SCCS1. The third-order valence-corrected chi connectivity index (χ3v) is 7.37. The van der Waals surface area contributed by atoms with Gasteiger partial charge in [-0.25, -0.2) is 4.79 Å². The number of benzene rings is 1. The van der Waals surface area contributed by atoms with Crippen molar-refractivity contribution in [2.24, 2.45) is 0 Å². The van der Waals surface area contributed by atoms with Crippen molar-refractivity contribution >= 4 is 29.5 Å².